The monoisotopic (exact) mass is 271 g/mol. The number of carboxylic acid groups (broad SMARTS) is 1. The van der Waals surface area contributed by atoms with E-state index in [9.17, 15) is 9.59 Å². The first kappa shape index (κ1) is 11.7. The predicted molar refractivity (Wildman–Crippen MR) is 58.3 cm³/mol. The number of rotatable bonds is 4. The van der Waals surface area contributed by atoms with E-state index >= 15 is 0 Å². The highest BCUT2D eigenvalue weighted by Crippen LogP contribution is 2.28. The third-order valence-corrected chi connectivity index (χ3v) is 2.88. The summed E-state index contributed by atoms with van der Waals surface area (Å²) in [5.41, 5.74) is -0.911. The van der Waals surface area contributed by atoms with Crippen molar-refractivity contribution in [2.45, 2.75) is 12.5 Å². The van der Waals surface area contributed by atoms with E-state index in [-0.39, 0.29) is 0 Å². The van der Waals surface area contributed by atoms with Crippen LogP contribution in [-0.2, 0) is 15.1 Å². The molecule has 0 bridgehead atoms. The van der Waals surface area contributed by atoms with Gasteiger partial charge in [-0.3, -0.25) is 4.79 Å². The molecule has 2 N–H and O–H groups in total. The smallest absolute Gasteiger partial charge is 0.333 e. The summed E-state index contributed by atoms with van der Waals surface area (Å²) in [4.78, 5) is 21.5. The van der Waals surface area contributed by atoms with Gasteiger partial charge in [0.05, 0.1) is 0 Å². The van der Waals surface area contributed by atoms with Crippen molar-refractivity contribution in [1.82, 2.24) is 5.32 Å². The van der Waals surface area contributed by atoms with Gasteiger partial charge in [-0.25, -0.2) is 4.79 Å². The van der Waals surface area contributed by atoms with Gasteiger partial charge in [0.15, 0.2) is 5.54 Å². The molecule has 1 unspecified atom stereocenters. The largest absolute Gasteiger partial charge is 0.479 e. The van der Waals surface area contributed by atoms with Gasteiger partial charge in [-0.2, -0.15) is 0 Å². The minimum Gasteiger partial charge on any atom is -0.479 e. The standard InChI is InChI=1S/C10H10BrNO3/c1-10(9(14)15,12-6-13)7-4-2-3-5-8(7)11/h2-6H,1H3,(H,12,13)(H,14,15). The van der Waals surface area contributed by atoms with Gasteiger partial charge in [0.25, 0.3) is 0 Å². The topological polar surface area (TPSA) is 66.4 Å². The molecule has 0 saturated heterocycles. The number of carbonyl (C=O) groups excluding carboxylic acids is 1. The molecule has 1 aromatic carbocycles. The van der Waals surface area contributed by atoms with Crippen LogP contribution in [0.1, 0.15) is 12.5 Å². The second kappa shape index (κ2) is 4.44. The molecule has 0 aliphatic carbocycles. The quantitative estimate of drug-likeness (QED) is 0.816. The second-order valence-corrected chi connectivity index (χ2v) is 4.03. The maximum atomic E-state index is 11.1. The number of halogens is 1. The van der Waals surface area contributed by atoms with Crippen LogP contribution in [0.2, 0.25) is 0 Å². The Bertz CT molecular complexity index is 394. The first-order valence-corrected chi connectivity index (χ1v) is 5.01. The summed E-state index contributed by atoms with van der Waals surface area (Å²) in [5, 5.41) is 11.4. The lowest BCUT2D eigenvalue weighted by atomic mass is 9.92. The maximum absolute atomic E-state index is 11.1. The summed E-state index contributed by atoms with van der Waals surface area (Å²) in [7, 11) is 0. The number of carbonyl (C=O) groups is 2. The zero-order chi connectivity index (χ0) is 11.5. The van der Waals surface area contributed by atoms with E-state index in [0.29, 0.717) is 16.4 Å². The highest BCUT2D eigenvalue weighted by molar-refractivity contribution is 9.10. The van der Waals surface area contributed by atoms with Gasteiger partial charge in [-0.05, 0) is 13.0 Å². The summed E-state index contributed by atoms with van der Waals surface area (Å²) in [6, 6.07) is 6.86. The molecule has 0 fully saturated rings. The Balaban J connectivity index is 3.27. The van der Waals surface area contributed by atoms with Crippen LogP contribution in [0.4, 0.5) is 0 Å². The van der Waals surface area contributed by atoms with E-state index in [1.165, 1.54) is 6.92 Å². The van der Waals surface area contributed by atoms with Crippen molar-refractivity contribution >= 4 is 28.3 Å². The molecular formula is C10H10BrNO3. The van der Waals surface area contributed by atoms with Crippen molar-refractivity contribution in [3.8, 4) is 0 Å². The summed E-state index contributed by atoms with van der Waals surface area (Å²) in [6.45, 7) is 1.43. The predicted octanol–water partition coefficient (Wildman–Crippen LogP) is 1.49. The molecule has 0 aliphatic rings. The van der Waals surface area contributed by atoms with Gasteiger partial charge in [0.1, 0.15) is 0 Å². The Morgan fingerprint density at radius 2 is 2.13 bits per heavy atom. The van der Waals surface area contributed by atoms with Gasteiger partial charge in [0.2, 0.25) is 6.41 Å². The molecule has 1 atom stereocenters. The highest BCUT2D eigenvalue weighted by Gasteiger charge is 2.36. The zero-order valence-corrected chi connectivity index (χ0v) is 9.61. The molecule has 5 heteroatoms. The van der Waals surface area contributed by atoms with Crippen LogP contribution in [0, 0.1) is 0 Å². The van der Waals surface area contributed by atoms with E-state index in [2.05, 4.69) is 21.2 Å². The Morgan fingerprint density at radius 3 is 2.60 bits per heavy atom. The zero-order valence-electron chi connectivity index (χ0n) is 8.03. The van der Waals surface area contributed by atoms with E-state index in [0.717, 1.165) is 0 Å². The molecule has 0 saturated carbocycles. The van der Waals surface area contributed by atoms with Crippen molar-refractivity contribution in [3.63, 3.8) is 0 Å². The van der Waals surface area contributed by atoms with Crippen molar-refractivity contribution in [3.05, 3.63) is 34.3 Å². The Hall–Kier alpha value is -1.36. The first-order chi connectivity index (χ1) is 7.02. The van der Waals surface area contributed by atoms with Crippen LogP contribution in [0.3, 0.4) is 0 Å². The SMILES string of the molecule is CC(NC=O)(C(=O)O)c1ccccc1Br. The Morgan fingerprint density at radius 1 is 1.53 bits per heavy atom. The van der Waals surface area contributed by atoms with Crippen LogP contribution >= 0.6 is 15.9 Å². The molecule has 0 spiro atoms. The number of amides is 1. The van der Waals surface area contributed by atoms with E-state index in [1.807, 2.05) is 0 Å². The fraction of sp³-hybridized carbons (Fsp3) is 0.200. The van der Waals surface area contributed by atoms with E-state index in [4.69, 9.17) is 5.11 Å². The number of hydrogen-bond acceptors (Lipinski definition) is 2. The summed E-state index contributed by atoms with van der Waals surface area (Å²) < 4.78 is 0.643. The van der Waals surface area contributed by atoms with E-state index < -0.39 is 11.5 Å². The van der Waals surface area contributed by atoms with Crippen LogP contribution in [0.15, 0.2) is 28.7 Å². The third kappa shape index (κ3) is 2.18. The van der Waals surface area contributed by atoms with Crippen LogP contribution in [0.25, 0.3) is 0 Å². The van der Waals surface area contributed by atoms with Crippen LogP contribution in [-0.4, -0.2) is 17.5 Å². The number of aliphatic carboxylic acids is 1. The normalized spacial score (nSPS) is 14.0. The molecule has 0 heterocycles. The summed E-state index contributed by atoms with van der Waals surface area (Å²) in [6.07, 6.45) is 0.383. The Labute approximate surface area is 95.4 Å². The van der Waals surface area contributed by atoms with Gasteiger partial charge in [0, 0.05) is 10.0 Å². The lowest BCUT2D eigenvalue weighted by molar-refractivity contribution is -0.145. The number of carboxylic acids is 1. The molecule has 15 heavy (non-hydrogen) atoms. The lowest BCUT2D eigenvalue weighted by Crippen LogP contribution is -2.46. The van der Waals surface area contributed by atoms with Gasteiger partial charge < -0.3 is 10.4 Å². The Kier molecular flexibility index (Phi) is 3.47. The fourth-order valence-electron chi connectivity index (χ4n) is 1.24. The average molecular weight is 272 g/mol. The molecule has 0 radical (unpaired) electrons. The number of benzene rings is 1. The highest BCUT2D eigenvalue weighted by atomic mass is 79.9. The molecule has 4 nitrogen and oxygen atoms in total. The fourth-order valence-corrected chi connectivity index (χ4v) is 1.92. The molecule has 1 aromatic rings. The first-order valence-electron chi connectivity index (χ1n) is 4.22. The molecule has 80 valence electrons. The maximum Gasteiger partial charge on any atom is 0.333 e. The lowest BCUT2D eigenvalue weighted by Gasteiger charge is -2.25. The summed E-state index contributed by atoms with van der Waals surface area (Å²) in [5.74, 6) is -1.11. The number of nitrogens with one attached hydrogen (secondary N) is 1. The second-order valence-electron chi connectivity index (χ2n) is 3.17. The van der Waals surface area contributed by atoms with Gasteiger partial charge in [-0.1, -0.05) is 34.1 Å². The van der Waals surface area contributed by atoms with Crippen LogP contribution < -0.4 is 5.32 Å². The van der Waals surface area contributed by atoms with Crippen molar-refractivity contribution in [2.75, 3.05) is 0 Å². The molecular weight excluding hydrogens is 262 g/mol. The van der Waals surface area contributed by atoms with Gasteiger partial charge in [-0.15, -0.1) is 0 Å². The average Bonchev–Trinajstić information content (AvgIpc) is 2.18. The third-order valence-electron chi connectivity index (χ3n) is 2.19. The molecule has 1 amide bonds. The molecule has 1 rings (SSSR count). The van der Waals surface area contributed by atoms with Crippen LogP contribution in [0.5, 0.6) is 0 Å². The summed E-state index contributed by atoms with van der Waals surface area (Å²) >= 11 is 3.25. The molecule has 0 aliphatic heterocycles. The van der Waals surface area contributed by atoms with Gasteiger partial charge >= 0.3 is 5.97 Å². The van der Waals surface area contributed by atoms with E-state index in [1.54, 1.807) is 24.3 Å². The minimum atomic E-state index is -1.41. The van der Waals surface area contributed by atoms with Crippen molar-refractivity contribution in [1.29, 1.82) is 0 Å². The molecule has 0 aromatic heterocycles. The number of hydrogen-bond donors (Lipinski definition) is 2. The minimum absolute atomic E-state index is 0.383. The van der Waals surface area contributed by atoms with Crippen molar-refractivity contribution in [2.24, 2.45) is 0 Å². The van der Waals surface area contributed by atoms with Crippen molar-refractivity contribution < 1.29 is 14.7 Å².